The molecular formula is C28H29FN4O2. The van der Waals surface area contributed by atoms with Crippen LogP contribution in [0.5, 0.6) is 5.75 Å². The van der Waals surface area contributed by atoms with Crippen LogP contribution in [0.15, 0.2) is 60.9 Å². The van der Waals surface area contributed by atoms with E-state index in [1.54, 1.807) is 19.4 Å². The lowest BCUT2D eigenvalue weighted by atomic mass is 9.92. The van der Waals surface area contributed by atoms with E-state index in [-0.39, 0.29) is 5.91 Å². The van der Waals surface area contributed by atoms with Crippen molar-refractivity contribution in [2.75, 3.05) is 34.3 Å². The van der Waals surface area contributed by atoms with E-state index in [0.29, 0.717) is 36.8 Å². The molecule has 0 saturated carbocycles. The summed E-state index contributed by atoms with van der Waals surface area (Å²) in [4.78, 5) is 21.8. The number of pyridine rings is 1. The van der Waals surface area contributed by atoms with Crippen LogP contribution < -0.4 is 10.1 Å². The quantitative estimate of drug-likeness (QED) is 0.604. The average Bonchev–Trinajstić information content (AvgIpc) is 3.38. The third-order valence-electron chi connectivity index (χ3n) is 6.83. The Morgan fingerprint density at radius 1 is 1.14 bits per heavy atom. The van der Waals surface area contributed by atoms with Crippen molar-refractivity contribution in [2.45, 2.75) is 19.0 Å². The molecule has 0 spiro atoms. The third-order valence-corrected chi connectivity index (χ3v) is 6.83. The van der Waals surface area contributed by atoms with E-state index in [4.69, 9.17) is 4.74 Å². The summed E-state index contributed by atoms with van der Waals surface area (Å²) in [6.07, 6.45) is 4.62. The van der Waals surface area contributed by atoms with Crippen LogP contribution in [0.25, 0.3) is 16.7 Å². The second-order valence-electron chi connectivity index (χ2n) is 9.24. The molecule has 2 aliphatic rings. The van der Waals surface area contributed by atoms with Gasteiger partial charge in [0.25, 0.3) is 5.91 Å². The summed E-state index contributed by atoms with van der Waals surface area (Å²) in [7, 11) is 5.69. The number of halogens is 1. The lowest BCUT2D eigenvalue weighted by Gasteiger charge is -2.21. The maximum absolute atomic E-state index is 14.7. The number of likely N-dealkylation sites (tertiary alicyclic amines) is 1. The molecule has 3 heterocycles. The van der Waals surface area contributed by atoms with Gasteiger partial charge in [0.2, 0.25) is 0 Å². The number of benzene rings is 2. The normalized spacial score (nSPS) is 17.1. The second-order valence-corrected chi connectivity index (χ2v) is 9.24. The van der Waals surface area contributed by atoms with Gasteiger partial charge in [-0.3, -0.25) is 9.78 Å². The van der Waals surface area contributed by atoms with Gasteiger partial charge in [0, 0.05) is 59.4 Å². The molecule has 2 aliphatic heterocycles. The number of hydrogen-bond donors (Lipinski definition) is 1. The third kappa shape index (κ3) is 4.51. The van der Waals surface area contributed by atoms with Crippen molar-refractivity contribution >= 4 is 11.5 Å². The Labute approximate surface area is 205 Å². The summed E-state index contributed by atoms with van der Waals surface area (Å²) >= 11 is 0. The molecule has 1 saturated heterocycles. The summed E-state index contributed by atoms with van der Waals surface area (Å²) in [6.45, 7) is 1.93. The molecule has 3 aromatic rings. The number of ether oxygens (including phenoxy) is 1. The lowest BCUT2D eigenvalue weighted by molar-refractivity contribution is 0.0782. The van der Waals surface area contributed by atoms with Crippen molar-refractivity contribution in [2.24, 2.45) is 0 Å². The smallest absolute Gasteiger partial charge is 0.254 e. The Bertz CT molecular complexity index is 1300. The number of likely N-dealkylation sites (N-methyl/N-ethyl adjacent to an activating group) is 1. The number of nitrogens with one attached hydrogen (secondary N) is 1. The SMILES string of the molecule is COc1ccccc1C1=CNCc2ncc(-c3cc(F)cc(C(=O)N4CCC(N(C)C)C4)c3)cc21. The summed E-state index contributed by atoms with van der Waals surface area (Å²) in [5.41, 5.74) is 5.50. The zero-order chi connectivity index (χ0) is 24.5. The average molecular weight is 473 g/mol. The van der Waals surface area contributed by atoms with Crippen molar-refractivity contribution in [1.29, 1.82) is 0 Å². The number of para-hydroxylation sites is 1. The fourth-order valence-electron chi connectivity index (χ4n) is 4.85. The lowest BCUT2D eigenvalue weighted by Crippen LogP contribution is -2.34. The molecule has 5 rings (SSSR count). The van der Waals surface area contributed by atoms with Crippen LogP contribution in [0.3, 0.4) is 0 Å². The van der Waals surface area contributed by atoms with Crippen LogP contribution in [-0.4, -0.2) is 61.0 Å². The predicted octanol–water partition coefficient (Wildman–Crippen LogP) is 4.16. The standard InChI is InChI=1S/C28H29FN4O2/c1-32(2)22-8-9-33(17-22)28(34)19-10-18(11-21(29)12-19)20-13-24-25(15-30-16-26(24)31-14-20)23-6-4-5-7-27(23)35-3/h4-7,10-15,22,30H,8-9,16-17H2,1-3H3. The molecule has 1 amide bonds. The molecule has 1 unspecified atom stereocenters. The van der Waals surface area contributed by atoms with Crippen molar-refractivity contribution in [3.63, 3.8) is 0 Å². The monoisotopic (exact) mass is 472 g/mol. The highest BCUT2D eigenvalue weighted by atomic mass is 19.1. The number of fused-ring (bicyclic) bond motifs is 1. The van der Waals surface area contributed by atoms with Gasteiger partial charge >= 0.3 is 0 Å². The molecular weight excluding hydrogens is 443 g/mol. The van der Waals surface area contributed by atoms with Crippen LogP contribution in [0.1, 0.15) is 33.6 Å². The van der Waals surface area contributed by atoms with Crippen molar-refractivity contribution in [3.05, 3.63) is 89.1 Å². The molecule has 0 bridgehead atoms. The maximum atomic E-state index is 14.7. The van der Waals surface area contributed by atoms with E-state index in [2.05, 4.69) is 15.2 Å². The number of carbonyl (C=O) groups excluding carboxylic acids is 1. The number of rotatable bonds is 5. The molecule has 2 aromatic carbocycles. The van der Waals surface area contributed by atoms with Crippen LogP contribution in [0, 0.1) is 5.82 Å². The highest BCUT2D eigenvalue weighted by Crippen LogP contribution is 2.35. The first kappa shape index (κ1) is 23.1. The highest BCUT2D eigenvalue weighted by molar-refractivity contribution is 5.96. The predicted molar refractivity (Wildman–Crippen MR) is 135 cm³/mol. The largest absolute Gasteiger partial charge is 0.496 e. The minimum atomic E-state index is -0.436. The molecule has 35 heavy (non-hydrogen) atoms. The zero-order valence-electron chi connectivity index (χ0n) is 20.2. The number of amides is 1. The first-order valence-corrected chi connectivity index (χ1v) is 11.8. The zero-order valence-corrected chi connectivity index (χ0v) is 20.2. The number of methoxy groups -OCH3 is 1. The maximum Gasteiger partial charge on any atom is 0.254 e. The minimum Gasteiger partial charge on any atom is -0.496 e. The second kappa shape index (κ2) is 9.50. The van der Waals surface area contributed by atoms with Gasteiger partial charge in [0.05, 0.1) is 19.3 Å². The van der Waals surface area contributed by atoms with Gasteiger partial charge in [-0.1, -0.05) is 18.2 Å². The first-order chi connectivity index (χ1) is 16.9. The Kier molecular flexibility index (Phi) is 6.26. The molecule has 1 N–H and O–H groups in total. The van der Waals surface area contributed by atoms with Crippen LogP contribution in [-0.2, 0) is 6.54 Å². The summed E-state index contributed by atoms with van der Waals surface area (Å²) in [5, 5.41) is 3.28. The number of nitrogens with zero attached hydrogens (tertiary/aromatic N) is 3. The van der Waals surface area contributed by atoms with Crippen molar-refractivity contribution < 1.29 is 13.9 Å². The minimum absolute atomic E-state index is 0.139. The summed E-state index contributed by atoms with van der Waals surface area (Å²) in [6, 6.07) is 14.7. The van der Waals surface area contributed by atoms with E-state index >= 15 is 0 Å². The molecule has 0 aliphatic carbocycles. The fourth-order valence-corrected chi connectivity index (χ4v) is 4.85. The van der Waals surface area contributed by atoms with Crippen molar-refractivity contribution in [3.8, 4) is 16.9 Å². The molecule has 0 radical (unpaired) electrons. The first-order valence-electron chi connectivity index (χ1n) is 11.8. The van der Waals surface area contributed by atoms with Crippen LogP contribution >= 0.6 is 0 Å². The van der Waals surface area contributed by atoms with Gasteiger partial charge in [0.15, 0.2) is 0 Å². The van der Waals surface area contributed by atoms with Gasteiger partial charge in [-0.15, -0.1) is 0 Å². The molecule has 180 valence electrons. The van der Waals surface area contributed by atoms with Gasteiger partial charge in [0.1, 0.15) is 11.6 Å². The fraction of sp³-hybridized carbons (Fsp3) is 0.286. The molecule has 1 fully saturated rings. The van der Waals surface area contributed by atoms with E-state index in [1.165, 1.54) is 12.1 Å². The topological polar surface area (TPSA) is 57.7 Å². The van der Waals surface area contributed by atoms with E-state index < -0.39 is 5.82 Å². The summed E-state index contributed by atoms with van der Waals surface area (Å²) < 4.78 is 20.3. The van der Waals surface area contributed by atoms with Crippen LogP contribution in [0.2, 0.25) is 0 Å². The molecule has 1 atom stereocenters. The Morgan fingerprint density at radius 2 is 1.97 bits per heavy atom. The number of aromatic nitrogens is 1. The van der Waals surface area contributed by atoms with E-state index in [0.717, 1.165) is 40.1 Å². The Balaban J connectivity index is 1.50. The van der Waals surface area contributed by atoms with Gasteiger partial charge in [-0.05, 0) is 56.4 Å². The van der Waals surface area contributed by atoms with Gasteiger partial charge in [-0.2, -0.15) is 0 Å². The van der Waals surface area contributed by atoms with E-state index in [9.17, 15) is 9.18 Å². The molecule has 6 nitrogen and oxygen atoms in total. The Hall–Kier alpha value is -3.71. The molecule has 1 aromatic heterocycles. The van der Waals surface area contributed by atoms with Crippen molar-refractivity contribution in [1.82, 2.24) is 20.1 Å². The van der Waals surface area contributed by atoms with Gasteiger partial charge < -0.3 is 19.9 Å². The van der Waals surface area contributed by atoms with E-state index in [1.807, 2.05) is 55.5 Å². The summed E-state index contributed by atoms with van der Waals surface area (Å²) in [5.74, 6) is 0.188. The number of carbonyl (C=O) groups is 1. The highest BCUT2D eigenvalue weighted by Gasteiger charge is 2.28. The van der Waals surface area contributed by atoms with Crippen LogP contribution in [0.4, 0.5) is 4.39 Å². The Morgan fingerprint density at radius 3 is 2.74 bits per heavy atom. The molecule has 7 heteroatoms. The number of hydrogen-bond acceptors (Lipinski definition) is 5. The van der Waals surface area contributed by atoms with Gasteiger partial charge in [-0.25, -0.2) is 4.39 Å².